The molecule has 2 rings (SSSR count). The van der Waals surface area contributed by atoms with E-state index in [0.717, 1.165) is 0 Å². The van der Waals surface area contributed by atoms with Gasteiger partial charge in [0.15, 0.2) is 6.10 Å². The number of carbonyl (C=O) groups is 1. The maximum atomic E-state index is 10.4. The third-order valence-electron chi connectivity index (χ3n) is 2.07. The van der Waals surface area contributed by atoms with Gasteiger partial charge in [-0.25, -0.2) is 4.79 Å². The molecule has 94 valence electrons. The number of para-hydroxylation sites is 1. The van der Waals surface area contributed by atoms with E-state index in [4.69, 9.17) is 9.84 Å². The van der Waals surface area contributed by atoms with Crippen LogP contribution in [0, 0.1) is 0 Å². The zero-order valence-corrected chi connectivity index (χ0v) is 10.2. The van der Waals surface area contributed by atoms with Gasteiger partial charge in [0, 0.05) is 0 Å². The third kappa shape index (κ3) is 5.70. The van der Waals surface area contributed by atoms with Crippen LogP contribution in [0.5, 0.6) is 5.75 Å². The molecule has 1 N–H and O–H groups in total. The van der Waals surface area contributed by atoms with E-state index in [9.17, 15) is 4.79 Å². The Kier molecular flexibility index (Phi) is 6.04. The van der Waals surface area contributed by atoms with Gasteiger partial charge in [0.25, 0.3) is 0 Å². The quantitative estimate of drug-likeness (QED) is 0.901. The van der Waals surface area contributed by atoms with Crippen LogP contribution >= 0.6 is 0 Å². The lowest BCUT2D eigenvalue weighted by Crippen LogP contribution is -2.22. The number of hydrogen-bond acceptors (Lipinski definition) is 2. The molecule has 0 bridgehead atoms. The molecule has 1 unspecified atom stereocenters. The van der Waals surface area contributed by atoms with Crippen molar-refractivity contribution in [1.29, 1.82) is 0 Å². The minimum Gasteiger partial charge on any atom is -0.479 e. The maximum absolute atomic E-state index is 10.4. The summed E-state index contributed by atoms with van der Waals surface area (Å²) < 4.78 is 5.08. The highest BCUT2D eigenvalue weighted by Crippen LogP contribution is 2.10. The molecule has 2 aromatic carbocycles. The lowest BCUT2D eigenvalue weighted by Gasteiger charge is -2.09. The zero-order valence-electron chi connectivity index (χ0n) is 10.2. The van der Waals surface area contributed by atoms with Gasteiger partial charge in [-0.3, -0.25) is 0 Å². The highest BCUT2D eigenvalue weighted by atomic mass is 16.5. The molecule has 0 amide bonds. The first-order valence-electron chi connectivity index (χ1n) is 5.64. The van der Waals surface area contributed by atoms with Crippen LogP contribution in [0.2, 0.25) is 0 Å². The zero-order chi connectivity index (χ0) is 13.2. The van der Waals surface area contributed by atoms with Crippen LogP contribution in [0.3, 0.4) is 0 Å². The highest BCUT2D eigenvalue weighted by molar-refractivity contribution is 5.72. The molecular formula is C15H16O3. The standard InChI is InChI=1S/C9H10O3.C6H6/c1-7(9(10)11)12-8-5-3-2-4-6-8;1-2-4-6-5-3-1/h2-7H,1H3,(H,10,11);1-6H. The number of carboxylic acid groups (broad SMARTS) is 1. The second-order valence-corrected chi connectivity index (χ2v) is 3.57. The van der Waals surface area contributed by atoms with Crippen molar-refractivity contribution >= 4 is 5.97 Å². The summed E-state index contributed by atoms with van der Waals surface area (Å²) in [7, 11) is 0. The Balaban J connectivity index is 0.000000225. The van der Waals surface area contributed by atoms with Crippen LogP contribution in [0.25, 0.3) is 0 Å². The van der Waals surface area contributed by atoms with Crippen LogP contribution in [0.1, 0.15) is 6.92 Å². The topological polar surface area (TPSA) is 46.5 Å². The van der Waals surface area contributed by atoms with Crippen LogP contribution < -0.4 is 4.74 Å². The fourth-order valence-corrected chi connectivity index (χ4v) is 1.14. The van der Waals surface area contributed by atoms with Crippen molar-refractivity contribution in [2.24, 2.45) is 0 Å². The average Bonchev–Trinajstić information content (AvgIpc) is 2.42. The molecule has 2 aromatic rings. The summed E-state index contributed by atoms with van der Waals surface area (Å²) in [6.45, 7) is 1.50. The van der Waals surface area contributed by atoms with Crippen molar-refractivity contribution in [2.45, 2.75) is 13.0 Å². The fourth-order valence-electron chi connectivity index (χ4n) is 1.14. The van der Waals surface area contributed by atoms with E-state index in [-0.39, 0.29) is 0 Å². The van der Waals surface area contributed by atoms with E-state index in [0.29, 0.717) is 5.75 Å². The Morgan fingerprint density at radius 3 is 1.72 bits per heavy atom. The first-order chi connectivity index (χ1) is 8.70. The summed E-state index contributed by atoms with van der Waals surface area (Å²) in [5.41, 5.74) is 0. The van der Waals surface area contributed by atoms with Crippen LogP contribution in [0.15, 0.2) is 66.7 Å². The summed E-state index contributed by atoms with van der Waals surface area (Å²) in [4.78, 5) is 10.4. The van der Waals surface area contributed by atoms with Gasteiger partial charge in [0.2, 0.25) is 0 Å². The molecule has 3 heteroatoms. The molecule has 0 aliphatic rings. The van der Waals surface area contributed by atoms with E-state index in [1.54, 1.807) is 24.3 Å². The van der Waals surface area contributed by atoms with Gasteiger partial charge < -0.3 is 9.84 Å². The predicted molar refractivity (Wildman–Crippen MR) is 70.6 cm³/mol. The Hall–Kier alpha value is -2.29. The predicted octanol–water partition coefficient (Wildman–Crippen LogP) is 3.23. The highest BCUT2D eigenvalue weighted by Gasteiger charge is 2.11. The van der Waals surface area contributed by atoms with E-state index in [2.05, 4.69) is 0 Å². The molecule has 0 saturated carbocycles. The summed E-state index contributed by atoms with van der Waals surface area (Å²) >= 11 is 0. The number of benzene rings is 2. The van der Waals surface area contributed by atoms with Gasteiger partial charge in [-0.2, -0.15) is 0 Å². The number of aliphatic carboxylic acids is 1. The van der Waals surface area contributed by atoms with E-state index in [1.807, 2.05) is 42.5 Å². The molecule has 3 nitrogen and oxygen atoms in total. The van der Waals surface area contributed by atoms with Gasteiger partial charge in [0.1, 0.15) is 5.75 Å². The summed E-state index contributed by atoms with van der Waals surface area (Å²) in [6, 6.07) is 20.9. The summed E-state index contributed by atoms with van der Waals surface area (Å²) in [5, 5.41) is 8.52. The molecule has 18 heavy (non-hydrogen) atoms. The van der Waals surface area contributed by atoms with Crippen molar-refractivity contribution in [2.75, 3.05) is 0 Å². The van der Waals surface area contributed by atoms with E-state index >= 15 is 0 Å². The van der Waals surface area contributed by atoms with Crippen LogP contribution in [-0.4, -0.2) is 17.2 Å². The van der Waals surface area contributed by atoms with E-state index < -0.39 is 12.1 Å². The molecule has 0 radical (unpaired) electrons. The summed E-state index contributed by atoms with van der Waals surface area (Å²) in [6.07, 6.45) is -0.799. The molecular weight excluding hydrogens is 228 g/mol. The lowest BCUT2D eigenvalue weighted by molar-refractivity contribution is -0.144. The normalized spacial score (nSPS) is 10.7. The van der Waals surface area contributed by atoms with Crippen LogP contribution in [0.4, 0.5) is 0 Å². The smallest absolute Gasteiger partial charge is 0.344 e. The summed E-state index contributed by atoms with van der Waals surface area (Å²) in [5.74, 6) is -0.383. The molecule has 1 atom stereocenters. The second-order valence-electron chi connectivity index (χ2n) is 3.57. The van der Waals surface area contributed by atoms with Gasteiger partial charge in [-0.15, -0.1) is 0 Å². The molecule has 0 aliphatic carbocycles. The van der Waals surface area contributed by atoms with Crippen molar-refractivity contribution in [1.82, 2.24) is 0 Å². The van der Waals surface area contributed by atoms with Gasteiger partial charge >= 0.3 is 5.97 Å². The largest absolute Gasteiger partial charge is 0.479 e. The first-order valence-corrected chi connectivity index (χ1v) is 5.64. The number of hydrogen-bond donors (Lipinski definition) is 1. The third-order valence-corrected chi connectivity index (χ3v) is 2.07. The molecule has 0 spiro atoms. The minimum atomic E-state index is -0.959. The SMILES string of the molecule is CC(Oc1ccccc1)C(=O)O.c1ccccc1. The number of carboxylic acids is 1. The van der Waals surface area contributed by atoms with Gasteiger partial charge in [0.05, 0.1) is 0 Å². The first kappa shape index (κ1) is 13.8. The average molecular weight is 244 g/mol. The van der Waals surface area contributed by atoms with Crippen molar-refractivity contribution in [3.05, 3.63) is 66.7 Å². The second kappa shape index (κ2) is 7.90. The van der Waals surface area contributed by atoms with E-state index in [1.165, 1.54) is 6.92 Å². The Bertz CT molecular complexity index is 413. The molecule has 0 saturated heterocycles. The number of rotatable bonds is 3. The fraction of sp³-hybridized carbons (Fsp3) is 0.133. The van der Waals surface area contributed by atoms with Crippen LogP contribution in [-0.2, 0) is 4.79 Å². The Morgan fingerprint density at radius 1 is 0.944 bits per heavy atom. The maximum Gasteiger partial charge on any atom is 0.344 e. The molecule has 0 aromatic heterocycles. The monoisotopic (exact) mass is 244 g/mol. The minimum absolute atomic E-state index is 0.576. The van der Waals surface area contributed by atoms with Crippen molar-refractivity contribution in [3.63, 3.8) is 0 Å². The number of ether oxygens (including phenoxy) is 1. The van der Waals surface area contributed by atoms with Crippen molar-refractivity contribution < 1.29 is 14.6 Å². The molecule has 0 aliphatic heterocycles. The van der Waals surface area contributed by atoms with Gasteiger partial charge in [-0.1, -0.05) is 54.6 Å². The molecule has 0 fully saturated rings. The van der Waals surface area contributed by atoms with Gasteiger partial charge in [-0.05, 0) is 19.1 Å². The Morgan fingerprint density at radius 2 is 1.33 bits per heavy atom. The Labute approximate surface area is 107 Å². The van der Waals surface area contributed by atoms with Crippen molar-refractivity contribution in [3.8, 4) is 5.75 Å². The lowest BCUT2D eigenvalue weighted by atomic mass is 10.3. The molecule has 0 heterocycles.